The molecule has 0 bridgehead atoms. The van der Waals surface area contributed by atoms with Gasteiger partial charge in [0, 0.05) is 0 Å². The van der Waals surface area contributed by atoms with E-state index in [4.69, 9.17) is 0 Å². The fourth-order valence-electron chi connectivity index (χ4n) is 1.32. The molecule has 0 amide bonds. The first-order valence-corrected chi connectivity index (χ1v) is 5.51. The van der Waals surface area contributed by atoms with E-state index < -0.39 is 0 Å². The van der Waals surface area contributed by atoms with Gasteiger partial charge in [-0.1, -0.05) is 65.2 Å². The van der Waals surface area contributed by atoms with Gasteiger partial charge in [0.05, 0.1) is 0 Å². The first kappa shape index (κ1) is 12.0. The molecule has 2 radical (unpaired) electrons. The van der Waals surface area contributed by atoms with Crippen LogP contribution in [0.15, 0.2) is 0 Å². The Bertz CT molecular complexity index is 56.4. The molecule has 0 nitrogen and oxygen atoms in total. The zero-order valence-corrected chi connectivity index (χ0v) is 8.81. The van der Waals surface area contributed by atoms with Gasteiger partial charge in [-0.3, -0.25) is 0 Å². The average molecular weight is 168 g/mol. The minimum Gasteiger partial charge on any atom is -0.0654 e. The lowest BCUT2D eigenvalue weighted by atomic mass is 10.1. The Kier molecular flexibility index (Phi) is 11.0. The predicted octanol–water partition coefficient (Wildman–Crippen LogP) is 4.56. The first-order valence-electron chi connectivity index (χ1n) is 5.51. The van der Waals surface area contributed by atoms with Crippen LogP contribution in [0.4, 0.5) is 0 Å². The summed E-state index contributed by atoms with van der Waals surface area (Å²) in [6, 6.07) is 0. The molecule has 0 aliphatic heterocycles. The standard InChI is InChI=1S/C12H24/c1-3-5-7-9-11-12-10-8-6-4-2/h3,12H,4-11H2,1-2H3. The maximum Gasteiger partial charge on any atom is -0.0386 e. The summed E-state index contributed by atoms with van der Waals surface area (Å²) in [7, 11) is 0. The van der Waals surface area contributed by atoms with Crippen LogP contribution in [0.25, 0.3) is 0 Å². The van der Waals surface area contributed by atoms with Gasteiger partial charge in [-0.25, -0.2) is 0 Å². The lowest BCUT2D eigenvalue weighted by molar-refractivity contribution is 0.658. The Balaban J connectivity index is 2.73. The van der Waals surface area contributed by atoms with E-state index in [1.165, 1.54) is 51.4 Å². The zero-order chi connectivity index (χ0) is 9.07. The van der Waals surface area contributed by atoms with E-state index in [-0.39, 0.29) is 0 Å². The molecule has 0 atom stereocenters. The summed E-state index contributed by atoms with van der Waals surface area (Å²) >= 11 is 0. The molecule has 0 N–H and O–H groups in total. The van der Waals surface area contributed by atoms with Gasteiger partial charge >= 0.3 is 0 Å². The third kappa shape index (κ3) is 10.0. The molecule has 0 aromatic carbocycles. The fraction of sp³-hybridized carbons (Fsp3) is 0.833. The highest BCUT2D eigenvalue weighted by Gasteiger charge is 1.90. The maximum absolute atomic E-state index is 2.46. The summed E-state index contributed by atoms with van der Waals surface area (Å²) in [5, 5.41) is 0. The second-order valence-electron chi connectivity index (χ2n) is 3.48. The molecule has 0 heteroatoms. The molecular weight excluding hydrogens is 144 g/mol. The van der Waals surface area contributed by atoms with Crippen molar-refractivity contribution in [3.8, 4) is 0 Å². The van der Waals surface area contributed by atoms with E-state index >= 15 is 0 Å². The molecule has 0 heterocycles. The second-order valence-corrected chi connectivity index (χ2v) is 3.48. The minimum atomic E-state index is 1.29. The van der Waals surface area contributed by atoms with Crippen molar-refractivity contribution in [3.63, 3.8) is 0 Å². The van der Waals surface area contributed by atoms with Crippen LogP contribution in [-0.2, 0) is 0 Å². The summed E-state index contributed by atoms with van der Waals surface area (Å²) in [6.45, 7) is 4.40. The molecule has 0 aliphatic carbocycles. The summed E-state index contributed by atoms with van der Waals surface area (Å²) in [5.74, 6) is 0. The van der Waals surface area contributed by atoms with Gasteiger partial charge in [-0.05, 0) is 12.8 Å². The van der Waals surface area contributed by atoms with Crippen LogP contribution in [-0.4, -0.2) is 0 Å². The van der Waals surface area contributed by atoms with Gasteiger partial charge in [0.15, 0.2) is 0 Å². The molecule has 0 fully saturated rings. The van der Waals surface area contributed by atoms with Gasteiger partial charge in [0.1, 0.15) is 0 Å². The quantitative estimate of drug-likeness (QED) is 0.443. The van der Waals surface area contributed by atoms with Gasteiger partial charge in [0.2, 0.25) is 0 Å². The monoisotopic (exact) mass is 168 g/mol. The van der Waals surface area contributed by atoms with Crippen LogP contribution in [0.2, 0.25) is 0 Å². The van der Waals surface area contributed by atoms with E-state index in [1.54, 1.807) is 0 Å². The molecule has 0 aromatic heterocycles. The first-order chi connectivity index (χ1) is 5.91. The molecule has 0 spiro atoms. The van der Waals surface area contributed by atoms with Crippen molar-refractivity contribution < 1.29 is 0 Å². The van der Waals surface area contributed by atoms with Crippen LogP contribution in [0, 0.1) is 12.8 Å². The summed E-state index contributed by atoms with van der Waals surface area (Å²) in [4.78, 5) is 0. The van der Waals surface area contributed by atoms with E-state index in [1.807, 2.05) is 0 Å². The van der Waals surface area contributed by atoms with Gasteiger partial charge < -0.3 is 0 Å². The normalized spacial score (nSPS) is 10.5. The molecule has 0 aromatic rings. The average Bonchev–Trinajstić information content (AvgIpc) is 2.10. The van der Waals surface area contributed by atoms with E-state index in [9.17, 15) is 0 Å². The van der Waals surface area contributed by atoms with Crippen molar-refractivity contribution in [2.45, 2.75) is 65.2 Å². The summed E-state index contributed by atoms with van der Waals surface area (Å²) in [6.07, 6.45) is 15.6. The van der Waals surface area contributed by atoms with Crippen LogP contribution in [0.3, 0.4) is 0 Å². The molecule has 72 valence electrons. The Labute approximate surface area is 78.8 Å². The molecular formula is C12H24. The molecule has 0 saturated carbocycles. The summed E-state index contributed by atoms with van der Waals surface area (Å²) < 4.78 is 0. The van der Waals surface area contributed by atoms with Crippen molar-refractivity contribution >= 4 is 0 Å². The van der Waals surface area contributed by atoms with Crippen molar-refractivity contribution in [1.82, 2.24) is 0 Å². The predicted molar refractivity (Wildman–Crippen MR) is 56.9 cm³/mol. The van der Waals surface area contributed by atoms with Crippen molar-refractivity contribution in [1.29, 1.82) is 0 Å². The van der Waals surface area contributed by atoms with E-state index in [0.29, 0.717) is 0 Å². The largest absolute Gasteiger partial charge is 0.0654 e. The number of hydrogen-bond acceptors (Lipinski definition) is 0. The zero-order valence-electron chi connectivity index (χ0n) is 8.81. The highest BCUT2D eigenvalue weighted by Crippen LogP contribution is 2.08. The Hall–Kier alpha value is 0. The SMILES string of the molecule is C[CH]CCCC[CH]CCCCC. The third-order valence-electron chi connectivity index (χ3n) is 2.16. The highest BCUT2D eigenvalue weighted by atomic mass is 14.0. The molecule has 0 aliphatic rings. The topological polar surface area (TPSA) is 0 Å². The molecule has 0 unspecified atom stereocenters. The van der Waals surface area contributed by atoms with Crippen molar-refractivity contribution in [2.24, 2.45) is 0 Å². The lowest BCUT2D eigenvalue weighted by Gasteiger charge is -1.99. The highest BCUT2D eigenvalue weighted by molar-refractivity contribution is 4.65. The number of unbranched alkanes of at least 4 members (excludes halogenated alkanes) is 9. The smallest absolute Gasteiger partial charge is 0.0386 e. The Morgan fingerprint density at radius 2 is 1.42 bits per heavy atom. The van der Waals surface area contributed by atoms with Crippen LogP contribution in [0.5, 0.6) is 0 Å². The van der Waals surface area contributed by atoms with Gasteiger partial charge in [-0.15, -0.1) is 0 Å². The number of rotatable bonds is 9. The fourth-order valence-corrected chi connectivity index (χ4v) is 1.32. The van der Waals surface area contributed by atoms with Crippen LogP contribution in [0.1, 0.15) is 65.2 Å². The maximum atomic E-state index is 2.46. The third-order valence-corrected chi connectivity index (χ3v) is 2.16. The molecule has 0 saturated heterocycles. The molecule has 12 heavy (non-hydrogen) atoms. The van der Waals surface area contributed by atoms with E-state index in [2.05, 4.69) is 26.7 Å². The van der Waals surface area contributed by atoms with Gasteiger partial charge in [0.25, 0.3) is 0 Å². The molecule has 0 rings (SSSR count). The lowest BCUT2D eigenvalue weighted by Crippen LogP contribution is -1.81. The van der Waals surface area contributed by atoms with E-state index in [0.717, 1.165) is 0 Å². The van der Waals surface area contributed by atoms with Crippen molar-refractivity contribution in [2.75, 3.05) is 0 Å². The van der Waals surface area contributed by atoms with Gasteiger partial charge in [-0.2, -0.15) is 0 Å². The summed E-state index contributed by atoms with van der Waals surface area (Å²) in [5.41, 5.74) is 0. The second kappa shape index (κ2) is 11.0. The number of hydrogen-bond donors (Lipinski definition) is 0. The Morgan fingerprint density at radius 3 is 2.00 bits per heavy atom. The van der Waals surface area contributed by atoms with Crippen LogP contribution >= 0.6 is 0 Å². The van der Waals surface area contributed by atoms with Crippen LogP contribution < -0.4 is 0 Å². The minimum absolute atomic E-state index is 1.29. The Morgan fingerprint density at radius 1 is 0.833 bits per heavy atom. The van der Waals surface area contributed by atoms with Crippen molar-refractivity contribution in [3.05, 3.63) is 12.8 Å².